The third kappa shape index (κ3) is 6.37. The topological polar surface area (TPSA) is 53.0 Å². The Morgan fingerprint density at radius 1 is 0.868 bits per heavy atom. The van der Waals surface area contributed by atoms with Crippen LogP contribution in [0.4, 0.5) is 13.6 Å². The summed E-state index contributed by atoms with van der Waals surface area (Å²) in [7, 11) is 0. The third-order valence-corrected chi connectivity index (χ3v) is 8.55. The van der Waals surface area contributed by atoms with E-state index < -0.39 is 17.4 Å². The number of nitrogens with zero attached hydrogens (tertiary/aromatic N) is 2. The Bertz CT molecular complexity index is 989. The molecule has 0 radical (unpaired) electrons. The summed E-state index contributed by atoms with van der Waals surface area (Å²) in [4.78, 5) is 16.6. The third-order valence-electron chi connectivity index (χ3n) is 8.55. The highest BCUT2D eigenvalue weighted by Crippen LogP contribution is 2.44. The zero-order valence-corrected chi connectivity index (χ0v) is 22.8. The quantitative estimate of drug-likeness (QED) is 0.306. The molecule has 2 aromatic rings. The van der Waals surface area contributed by atoms with E-state index in [9.17, 15) is 18.7 Å². The first-order valence-corrected chi connectivity index (χ1v) is 14.2. The Labute approximate surface area is 225 Å². The normalized spacial score (nSPS) is 21.4. The molecule has 1 atom stereocenters. The number of ether oxygens (including phenoxy) is 1. The zero-order valence-electron chi connectivity index (χ0n) is 22.8. The van der Waals surface area contributed by atoms with Gasteiger partial charge in [0, 0.05) is 38.4 Å². The maximum atomic E-state index is 13.5. The van der Waals surface area contributed by atoms with Crippen molar-refractivity contribution in [3.8, 4) is 0 Å². The minimum atomic E-state index is -1.31. The number of piperidine rings is 1. The summed E-state index contributed by atoms with van der Waals surface area (Å²) in [6.07, 6.45) is 7.96. The minimum Gasteiger partial charge on any atom is -0.437 e. The first-order chi connectivity index (χ1) is 18.3. The highest BCUT2D eigenvalue weighted by Gasteiger charge is 2.62. The van der Waals surface area contributed by atoms with E-state index in [4.69, 9.17) is 4.74 Å². The van der Waals surface area contributed by atoms with Crippen LogP contribution in [-0.2, 0) is 4.74 Å². The Morgan fingerprint density at radius 2 is 1.42 bits per heavy atom. The predicted molar refractivity (Wildman–Crippen MR) is 145 cm³/mol. The number of unbranched alkanes of at least 4 members (excludes halogenated alkanes) is 4. The molecule has 5 nitrogen and oxygen atoms in total. The van der Waals surface area contributed by atoms with Crippen LogP contribution in [0.2, 0.25) is 0 Å². The number of rotatable bonds is 12. The summed E-state index contributed by atoms with van der Waals surface area (Å²) in [5, 5.41) is 11.4. The van der Waals surface area contributed by atoms with E-state index in [0.29, 0.717) is 19.4 Å². The van der Waals surface area contributed by atoms with Gasteiger partial charge in [0.25, 0.3) is 0 Å². The molecule has 2 fully saturated rings. The summed E-state index contributed by atoms with van der Waals surface area (Å²) in [6, 6.07) is 13.1. The molecular formula is C31H42F2N2O3. The number of carbonyl (C=O) groups excluding carboxylic acids is 1. The Morgan fingerprint density at radius 3 is 1.97 bits per heavy atom. The van der Waals surface area contributed by atoms with Gasteiger partial charge in [-0.2, -0.15) is 0 Å². The number of benzene rings is 2. The monoisotopic (exact) mass is 528 g/mol. The number of amides is 1. The van der Waals surface area contributed by atoms with Crippen LogP contribution < -0.4 is 0 Å². The second-order valence-electron chi connectivity index (χ2n) is 11.1. The summed E-state index contributed by atoms with van der Waals surface area (Å²) in [5.41, 5.74) is -0.148. The maximum Gasteiger partial charge on any atom is 0.412 e. The number of hydrogen-bond donors (Lipinski definition) is 1. The van der Waals surface area contributed by atoms with Gasteiger partial charge < -0.3 is 14.7 Å². The van der Waals surface area contributed by atoms with Crippen molar-refractivity contribution in [1.82, 2.24) is 9.80 Å². The Kier molecular flexibility index (Phi) is 9.42. The van der Waals surface area contributed by atoms with Gasteiger partial charge in [-0.3, -0.25) is 4.90 Å². The van der Waals surface area contributed by atoms with Crippen molar-refractivity contribution in [2.75, 3.05) is 26.2 Å². The molecule has 1 amide bonds. The summed E-state index contributed by atoms with van der Waals surface area (Å²) in [5.74, 6) is -0.491. The number of aliphatic hydroxyl groups is 1. The maximum absolute atomic E-state index is 13.5. The summed E-state index contributed by atoms with van der Waals surface area (Å²) < 4.78 is 32.9. The molecule has 1 spiro atoms. The minimum absolute atomic E-state index is 0.0507. The number of hydrogen-bond acceptors (Lipinski definition) is 4. The van der Waals surface area contributed by atoms with E-state index in [1.807, 2.05) is 0 Å². The van der Waals surface area contributed by atoms with Gasteiger partial charge in [0.15, 0.2) is 11.3 Å². The van der Waals surface area contributed by atoms with Crippen LogP contribution in [0, 0.1) is 11.6 Å². The van der Waals surface area contributed by atoms with Crippen LogP contribution in [0.1, 0.15) is 88.7 Å². The first kappa shape index (κ1) is 28.5. The van der Waals surface area contributed by atoms with Gasteiger partial charge in [0.2, 0.25) is 0 Å². The van der Waals surface area contributed by atoms with Gasteiger partial charge in [-0.15, -0.1) is 0 Å². The smallest absolute Gasteiger partial charge is 0.412 e. The van der Waals surface area contributed by atoms with Gasteiger partial charge >= 0.3 is 6.09 Å². The molecule has 2 aliphatic rings. The zero-order chi connectivity index (χ0) is 27.2. The molecule has 4 rings (SSSR count). The summed E-state index contributed by atoms with van der Waals surface area (Å²) >= 11 is 0. The van der Waals surface area contributed by atoms with Crippen molar-refractivity contribution in [3.63, 3.8) is 0 Å². The lowest BCUT2D eigenvalue weighted by atomic mass is 9.81. The van der Waals surface area contributed by atoms with Crippen LogP contribution in [0.25, 0.3) is 0 Å². The lowest BCUT2D eigenvalue weighted by Gasteiger charge is -2.45. The van der Waals surface area contributed by atoms with E-state index in [1.165, 1.54) is 42.0 Å². The fraction of sp³-hybridized carbons (Fsp3) is 0.581. The second kappa shape index (κ2) is 12.6. The average Bonchev–Trinajstić information content (AvgIpc) is 3.08. The molecule has 0 bridgehead atoms. The molecule has 1 N–H and O–H groups in total. The van der Waals surface area contributed by atoms with Gasteiger partial charge in [0.1, 0.15) is 11.6 Å². The molecule has 2 aromatic carbocycles. The largest absolute Gasteiger partial charge is 0.437 e. The molecule has 2 heterocycles. The lowest BCUT2D eigenvalue weighted by Crippen LogP contribution is -2.60. The van der Waals surface area contributed by atoms with E-state index in [1.54, 1.807) is 31.2 Å². The second-order valence-corrected chi connectivity index (χ2v) is 11.1. The SMILES string of the molecule is CCCCCCCN1C(=O)OC2(CCN(CCCC(c3ccc(F)cc3)c3ccc(F)cc3)CC2)C1(C)O. The predicted octanol–water partition coefficient (Wildman–Crippen LogP) is 6.84. The van der Waals surface area contributed by atoms with Crippen LogP contribution >= 0.6 is 0 Å². The molecule has 0 aromatic heterocycles. The molecule has 0 saturated carbocycles. The van der Waals surface area contributed by atoms with Crippen molar-refractivity contribution in [2.24, 2.45) is 0 Å². The van der Waals surface area contributed by atoms with E-state index in [0.717, 1.165) is 62.9 Å². The van der Waals surface area contributed by atoms with E-state index in [2.05, 4.69) is 11.8 Å². The van der Waals surface area contributed by atoms with Crippen molar-refractivity contribution >= 4 is 6.09 Å². The van der Waals surface area contributed by atoms with Crippen molar-refractivity contribution in [3.05, 3.63) is 71.3 Å². The summed E-state index contributed by atoms with van der Waals surface area (Å²) in [6.45, 7) is 6.78. The van der Waals surface area contributed by atoms with Crippen molar-refractivity contribution in [2.45, 2.75) is 88.9 Å². The van der Waals surface area contributed by atoms with Gasteiger partial charge in [-0.1, -0.05) is 56.9 Å². The highest BCUT2D eigenvalue weighted by molar-refractivity contribution is 5.72. The van der Waals surface area contributed by atoms with Gasteiger partial charge in [0.05, 0.1) is 0 Å². The number of likely N-dealkylation sites (tertiary alicyclic amines) is 1. The molecule has 208 valence electrons. The fourth-order valence-corrected chi connectivity index (χ4v) is 6.07. The van der Waals surface area contributed by atoms with E-state index in [-0.39, 0.29) is 17.6 Å². The molecule has 0 aliphatic carbocycles. The molecule has 38 heavy (non-hydrogen) atoms. The van der Waals surface area contributed by atoms with Crippen LogP contribution in [-0.4, -0.2) is 58.5 Å². The molecule has 1 unspecified atom stereocenters. The standard InChI is InChI=1S/C31H42F2N2O3/c1-3-4-5-6-7-21-35-29(36)38-31(30(35,2)37)18-22-34(23-19-31)20-8-9-28(24-10-14-26(32)15-11-24)25-12-16-27(33)17-13-25/h10-17,28,37H,3-9,18-23H2,1-2H3. The van der Waals surface area contributed by atoms with Crippen LogP contribution in [0.15, 0.2) is 48.5 Å². The first-order valence-electron chi connectivity index (χ1n) is 14.2. The van der Waals surface area contributed by atoms with Crippen molar-refractivity contribution in [1.29, 1.82) is 0 Å². The molecule has 2 saturated heterocycles. The molecule has 2 aliphatic heterocycles. The highest BCUT2D eigenvalue weighted by atomic mass is 19.1. The van der Waals surface area contributed by atoms with Gasteiger partial charge in [-0.25, -0.2) is 13.6 Å². The number of carbonyl (C=O) groups is 1. The van der Waals surface area contributed by atoms with Crippen molar-refractivity contribution < 1.29 is 23.4 Å². The fourth-order valence-electron chi connectivity index (χ4n) is 6.07. The van der Waals surface area contributed by atoms with E-state index >= 15 is 0 Å². The Balaban J connectivity index is 1.31. The molecular weight excluding hydrogens is 486 g/mol. The lowest BCUT2D eigenvalue weighted by molar-refractivity contribution is -0.165. The number of halogens is 2. The van der Waals surface area contributed by atoms with Crippen LogP contribution in [0.3, 0.4) is 0 Å². The Hall–Kier alpha value is -2.51. The molecule has 7 heteroatoms. The average molecular weight is 529 g/mol. The van der Waals surface area contributed by atoms with Crippen LogP contribution in [0.5, 0.6) is 0 Å². The van der Waals surface area contributed by atoms with Gasteiger partial charge in [-0.05, 0) is 68.1 Å².